The SMILES string of the molecule is CNCCc1sc(-c2ccccc2)nc1-c1ccccc1. The molecule has 0 saturated heterocycles. The summed E-state index contributed by atoms with van der Waals surface area (Å²) in [5.41, 5.74) is 3.51. The molecule has 1 heterocycles. The van der Waals surface area contributed by atoms with E-state index in [9.17, 15) is 0 Å². The van der Waals surface area contributed by atoms with Crippen molar-refractivity contribution < 1.29 is 0 Å². The van der Waals surface area contributed by atoms with E-state index < -0.39 is 0 Å². The third kappa shape index (κ3) is 3.20. The van der Waals surface area contributed by atoms with E-state index in [2.05, 4.69) is 53.8 Å². The first-order valence-corrected chi connectivity index (χ1v) is 7.95. The number of rotatable bonds is 5. The number of nitrogens with zero attached hydrogens (tertiary/aromatic N) is 1. The first-order chi connectivity index (χ1) is 10.4. The molecule has 3 aromatic rings. The molecule has 1 aromatic heterocycles. The average molecular weight is 294 g/mol. The largest absolute Gasteiger partial charge is 0.319 e. The number of likely N-dealkylation sites (N-methyl/N-ethyl adjacent to an activating group) is 1. The van der Waals surface area contributed by atoms with Crippen molar-refractivity contribution in [2.75, 3.05) is 13.6 Å². The number of benzene rings is 2. The summed E-state index contributed by atoms with van der Waals surface area (Å²) in [4.78, 5) is 6.24. The minimum Gasteiger partial charge on any atom is -0.319 e. The molecule has 0 fully saturated rings. The molecule has 21 heavy (non-hydrogen) atoms. The monoisotopic (exact) mass is 294 g/mol. The van der Waals surface area contributed by atoms with Crippen LogP contribution in [0.1, 0.15) is 4.88 Å². The standard InChI is InChI=1S/C18H18N2S/c1-19-13-12-16-17(14-8-4-2-5-9-14)20-18(21-16)15-10-6-3-7-11-15/h2-11,19H,12-13H2,1H3. The molecule has 0 atom stereocenters. The van der Waals surface area contributed by atoms with Crippen molar-refractivity contribution in [2.45, 2.75) is 6.42 Å². The van der Waals surface area contributed by atoms with Gasteiger partial charge in [-0.1, -0.05) is 60.7 Å². The molecule has 0 unspecified atom stereocenters. The van der Waals surface area contributed by atoms with Crippen molar-refractivity contribution in [3.05, 3.63) is 65.5 Å². The van der Waals surface area contributed by atoms with E-state index in [0.29, 0.717) is 0 Å². The Bertz CT molecular complexity index is 690. The van der Waals surface area contributed by atoms with Crippen LogP contribution in [0.15, 0.2) is 60.7 Å². The molecule has 0 aliphatic heterocycles. The highest BCUT2D eigenvalue weighted by Crippen LogP contribution is 2.33. The lowest BCUT2D eigenvalue weighted by Gasteiger charge is -2.01. The molecule has 0 aliphatic rings. The van der Waals surface area contributed by atoms with Crippen LogP contribution in [0.5, 0.6) is 0 Å². The second-order valence-electron chi connectivity index (χ2n) is 4.88. The highest BCUT2D eigenvalue weighted by Gasteiger charge is 2.13. The highest BCUT2D eigenvalue weighted by atomic mass is 32.1. The van der Waals surface area contributed by atoms with Crippen LogP contribution < -0.4 is 5.32 Å². The van der Waals surface area contributed by atoms with Crippen LogP contribution in [-0.2, 0) is 6.42 Å². The normalized spacial score (nSPS) is 10.7. The third-order valence-corrected chi connectivity index (χ3v) is 4.53. The maximum Gasteiger partial charge on any atom is 0.124 e. The summed E-state index contributed by atoms with van der Waals surface area (Å²) >= 11 is 1.80. The zero-order valence-electron chi connectivity index (χ0n) is 12.0. The van der Waals surface area contributed by atoms with Crippen molar-refractivity contribution in [1.82, 2.24) is 10.3 Å². The molecule has 0 aliphatic carbocycles. The Labute approximate surface area is 129 Å². The van der Waals surface area contributed by atoms with Gasteiger partial charge < -0.3 is 5.32 Å². The fraction of sp³-hybridized carbons (Fsp3) is 0.167. The van der Waals surface area contributed by atoms with Gasteiger partial charge >= 0.3 is 0 Å². The molecule has 0 saturated carbocycles. The Morgan fingerprint density at radius 3 is 2.14 bits per heavy atom. The van der Waals surface area contributed by atoms with Crippen LogP contribution in [0.2, 0.25) is 0 Å². The second kappa shape index (κ2) is 6.66. The number of hydrogen-bond donors (Lipinski definition) is 1. The quantitative estimate of drug-likeness (QED) is 0.761. The lowest BCUT2D eigenvalue weighted by atomic mass is 10.1. The van der Waals surface area contributed by atoms with Crippen LogP contribution in [-0.4, -0.2) is 18.6 Å². The minimum atomic E-state index is 0.969. The van der Waals surface area contributed by atoms with Gasteiger partial charge in [0.05, 0.1) is 5.69 Å². The van der Waals surface area contributed by atoms with Gasteiger partial charge in [-0.15, -0.1) is 11.3 Å². The van der Waals surface area contributed by atoms with Crippen molar-refractivity contribution in [2.24, 2.45) is 0 Å². The maximum absolute atomic E-state index is 4.89. The van der Waals surface area contributed by atoms with E-state index >= 15 is 0 Å². The molecule has 0 radical (unpaired) electrons. The molecule has 2 nitrogen and oxygen atoms in total. The molecule has 106 valence electrons. The molecular weight excluding hydrogens is 276 g/mol. The number of hydrogen-bond acceptors (Lipinski definition) is 3. The summed E-state index contributed by atoms with van der Waals surface area (Å²) in [6.45, 7) is 0.969. The molecule has 0 amide bonds. The molecule has 3 rings (SSSR count). The first-order valence-electron chi connectivity index (χ1n) is 7.13. The average Bonchev–Trinajstić information content (AvgIpc) is 2.99. The van der Waals surface area contributed by atoms with Gasteiger partial charge in [0.2, 0.25) is 0 Å². The van der Waals surface area contributed by atoms with Crippen LogP contribution in [0.25, 0.3) is 21.8 Å². The van der Waals surface area contributed by atoms with Gasteiger partial charge in [-0.05, 0) is 20.0 Å². The van der Waals surface area contributed by atoms with Gasteiger partial charge in [-0.3, -0.25) is 0 Å². The summed E-state index contributed by atoms with van der Waals surface area (Å²) in [7, 11) is 1.99. The summed E-state index contributed by atoms with van der Waals surface area (Å²) in [5, 5.41) is 4.32. The first kappa shape index (κ1) is 14.0. The van der Waals surface area contributed by atoms with E-state index in [0.717, 1.165) is 23.7 Å². The molecule has 1 N–H and O–H groups in total. The lowest BCUT2D eigenvalue weighted by molar-refractivity contribution is 0.799. The predicted molar refractivity (Wildman–Crippen MR) is 90.6 cm³/mol. The van der Waals surface area contributed by atoms with Gasteiger partial charge in [0.25, 0.3) is 0 Å². The van der Waals surface area contributed by atoms with Crippen LogP contribution >= 0.6 is 11.3 Å². The summed E-state index contributed by atoms with van der Waals surface area (Å²) < 4.78 is 0. The van der Waals surface area contributed by atoms with Gasteiger partial charge in [0, 0.05) is 16.0 Å². The van der Waals surface area contributed by atoms with Crippen LogP contribution in [0, 0.1) is 0 Å². The topological polar surface area (TPSA) is 24.9 Å². The smallest absolute Gasteiger partial charge is 0.124 e. The number of nitrogens with one attached hydrogen (secondary N) is 1. The molecule has 0 spiro atoms. The zero-order valence-corrected chi connectivity index (χ0v) is 12.9. The van der Waals surface area contributed by atoms with E-state index in [4.69, 9.17) is 4.98 Å². The second-order valence-corrected chi connectivity index (χ2v) is 5.96. The fourth-order valence-electron chi connectivity index (χ4n) is 2.29. The Morgan fingerprint density at radius 2 is 1.52 bits per heavy atom. The minimum absolute atomic E-state index is 0.969. The molecular formula is C18H18N2S. The Kier molecular flexibility index (Phi) is 4.43. The van der Waals surface area contributed by atoms with E-state index in [-0.39, 0.29) is 0 Å². The van der Waals surface area contributed by atoms with Gasteiger partial charge in [-0.2, -0.15) is 0 Å². The van der Waals surface area contributed by atoms with Gasteiger partial charge in [-0.25, -0.2) is 4.98 Å². The Morgan fingerprint density at radius 1 is 0.905 bits per heavy atom. The van der Waals surface area contributed by atoms with Gasteiger partial charge in [0.15, 0.2) is 0 Å². The van der Waals surface area contributed by atoms with E-state index in [1.54, 1.807) is 11.3 Å². The number of aromatic nitrogens is 1. The van der Waals surface area contributed by atoms with Crippen LogP contribution in [0.3, 0.4) is 0 Å². The Balaban J connectivity index is 2.03. The van der Waals surface area contributed by atoms with Crippen molar-refractivity contribution in [3.63, 3.8) is 0 Å². The fourth-order valence-corrected chi connectivity index (χ4v) is 3.37. The molecule has 3 heteroatoms. The molecule has 2 aromatic carbocycles. The summed E-state index contributed by atoms with van der Waals surface area (Å²) in [5.74, 6) is 0. The maximum atomic E-state index is 4.89. The lowest BCUT2D eigenvalue weighted by Crippen LogP contribution is -2.09. The van der Waals surface area contributed by atoms with Gasteiger partial charge in [0.1, 0.15) is 5.01 Å². The number of thiazole rings is 1. The van der Waals surface area contributed by atoms with E-state index in [1.807, 2.05) is 19.2 Å². The van der Waals surface area contributed by atoms with Crippen molar-refractivity contribution in [1.29, 1.82) is 0 Å². The molecule has 0 bridgehead atoms. The van der Waals surface area contributed by atoms with Crippen LogP contribution in [0.4, 0.5) is 0 Å². The van der Waals surface area contributed by atoms with E-state index in [1.165, 1.54) is 16.0 Å². The van der Waals surface area contributed by atoms with Crippen molar-refractivity contribution in [3.8, 4) is 21.8 Å². The predicted octanol–water partition coefficient (Wildman–Crippen LogP) is 4.24. The summed E-state index contributed by atoms with van der Waals surface area (Å²) in [6, 6.07) is 20.8. The summed E-state index contributed by atoms with van der Waals surface area (Å²) in [6.07, 6.45) is 1.01. The van der Waals surface area contributed by atoms with Crippen molar-refractivity contribution >= 4 is 11.3 Å². The zero-order chi connectivity index (χ0) is 14.5. The third-order valence-electron chi connectivity index (χ3n) is 3.37. The highest BCUT2D eigenvalue weighted by molar-refractivity contribution is 7.15. The Hall–Kier alpha value is -1.97.